The Bertz CT molecular complexity index is 689. The molecule has 30 heavy (non-hydrogen) atoms. The molecule has 0 aromatic carbocycles. The first-order valence-electron chi connectivity index (χ1n) is 12.2. The molecular formula is C25H40O5. The summed E-state index contributed by atoms with van der Waals surface area (Å²) < 4.78 is 5.69. The zero-order chi connectivity index (χ0) is 21.7. The molecule has 2 N–H and O–H groups in total. The quantitative estimate of drug-likeness (QED) is 0.611. The highest BCUT2D eigenvalue weighted by Crippen LogP contribution is 2.72. The van der Waals surface area contributed by atoms with Gasteiger partial charge in [-0.05, 0) is 91.8 Å². The number of esters is 1. The highest BCUT2D eigenvalue weighted by molar-refractivity contribution is 5.75. The van der Waals surface area contributed by atoms with Crippen molar-refractivity contribution in [3.8, 4) is 0 Å². The van der Waals surface area contributed by atoms with Crippen LogP contribution in [0.2, 0.25) is 0 Å². The SMILES string of the molecule is CC(C)CC(=O)OC[C@@H]1C[C@@]23CC[C@@H]4[C@](CO)(C(=O)O)CCC[C@@]4(C)[C@@H]2CC[C@@H]1C3. The molecule has 0 heterocycles. The number of rotatable bonds is 6. The van der Waals surface area contributed by atoms with E-state index in [1.165, 1.54) is 12.8 Å². The van der Waals surface area contributed by atoms with Gasteiger partial charge in [0, 0.05) is 6.42 Å². The van der Waals surface area contributed by atoms with Crippen molar-refractivity contribution in [2.24, 2.45) is 45.8 Å². The van der Waals surface area contributed by atoms with Crippen molar-refractivity contribution in [2.75, 3.05) is 13.2 Å². The Morgan fingerprint density at radius 2 is 1.83 bits per heavy atom. The van der Waals surface area contributed by atoms with Crippen molar-refractivity contribution in [1.82, 2.24) is 0 Å². The monoisotopic (exact) mass is 420 g/mol. The molecule has 2 bridgehead atoms. The maximum absolute atomic E-state index is 12.3. The smallest absolute Gasteiger partial charge is 0.312 e. The molecule has 7 atom stereocenters. The average Bonchev–Trinajstić information content (AvgIpc) is 2.94. The molecule has 4 aliphatic carbocycles. The van der Waals surface area contributed by atoms with E-state index >= 15 is 0 Å². The Morgan fingerprint density at radius 1 is 1.07 bits per heavy atom. The fraction of sp³-hybridized carbons (Fsp3) is 0.920. The summed E-state index contributed by atoms with van der Waals surface area (Å²) >= 11 is 0. The lowest BCUT2D eigenvalue weighted by molar-refractivity contribution is -0.191. The van der Waals surface area contributed by atoms with Gasteiger partial charge < -0.3 is 14.9 Å². The van der Waals surface area contributed by atoms with Crippen LogP contribution in [-0.2, 0) is 14.3 Å². The van der Waals surface area contributed by atoms with E-state index < -0.39 is 11.4 Å². The van der Waals surface area contributed by atoms with Gasteiger partial charge in [-0.15, -0.1) is 0 Å². The number of aliphatic hydroxyl groups excluding tert-OH is 1. The van der Waals surface area contributed by atoms with Gasteiger partial charge in [-0.1, -0.05) is 27.2 Å². The van der Waals surface area contributed by atoms with Gasteiger partial charge in [0.2, 0.25) is 0 Å². The van der Waals surface area contributed by atoms with Crippen molar-refractivity contribution in [2.45, 2.75) is 85.0 Å². The van der Waals surface area contributed by atoms with E-state index in [1.54, 1.807) is 0 Å². The summed E-state index contributed by atoms with van der Waals surface area (Å²) in [5.74, 6) is 1.14. The first-order valence-corrected chi connectivity index (χ1v) is 12.2. The van der Waals surface area contributed by atoms with Gasteiger partial charge in [0.1, 0.15) is 0 Å². The number of hydrogen-bond acceptors (Lipinski definition) is 4. The molecule has 0 amide bonds. The summed E-state index contributed by atoms with van der Waals surface area (Å²) in [6.07, 6.45) is 9.72. The molecule has 1 spiro atoms. The zero-order valence-corrected chi connectivity index (χ0v) is 19.0. The predicted molar refractivity (Wildman–Crippen MR) is 114 cm³/mol. The van der Waals surface area contributed by atoms with Gasteiger partial charge in [-0.3, -0.25) is 9.59 Å². The molecule has 4 rings (SSSR count). The number of carboxylic acids is 1. The van der Waals surface area contributed by atoms with Crippen LogP contribution in [0, 0.1) is 45.8 Å². The molecule has 5 nitrogen and oxygen atoms in total. The number of carbonyl (C=O) groups is 2. The van der Waals surface area contributed by atoms with E-state index in [-0.39, 0.29) is 29.3 Å². The molecule has 0 aromatic heterocycles. The normalized spacial score (nSPS) is 45.0. The van der Waals surface area contributed by atoms with Gasteiger partial charge in [0.15, 0.2) is 0 Å². The van der Waals surface area contributed by atoms with Crippen molar-refractivity contribution >= 4 is 11.9 Å². The third-order valence-electron chi connectivity index (χ3n) is 9.84. The predicted octanol–water partition coefficient (Wildman–Crippen LogP) is 4.66. The van der Waals surface area contributed by atoms with Crippen molar-refractivity contribution in [3.05, 3.63) is 0 Å². The summed E-state index contributed by atoms with van der Waals surface area (Å²) in [7, 11) is 0. The van der Waals surface area contributed by atoms with Crippen LogP contribution in [0.5, 0.6) is 0 Å². The largest absolute Gasteiger partial charge is 0.481 e. The Kier molecular flexibility index (Phi) is 5.74. The topological polar surface area (TPSA) is 83.8 Å². The van der Waals surface area contributed by atoms with Gasteiger partial charge in [-0.25, -0.2) is 0 Å². The summed E-state index contributed by atoms with van der Waals surface area (Å²) in [5.41, 5.74) is -0.692. The van der Waals surface area contributed by atoms with Gasteiger partial charge in [-0.2, -0.15) is 0 Å². The first-order chi connectivity index (χ1) is 14.2. The third kappa shape index (κ3) is 3.30. The summed E-state index contributed by atoms with van der Waals surface area (Å²) in [4.78, 5) is 24.4. The molecule has 170 valence electrons. The second kappa shape index (κ2) is 7.79. The van der Waals surface area contributed by atoms with E-state index in [9.17, 15) is 19.8 Å². The average molecular weight is 421 g/mol. The molecule has 0 radical (unpaired) electrons. The third-order valence-corrected chi connectivity index (χ3v) is 9.84. The Labute approximate surface area is 180 Å². The lowest BCUT2D eigenvalue weighted by Gasteiger charge is -2.63. The Balaban J connectivity index is 1.52. The molecule has 0 unspecified atom stereocenters. The van der Waals surface area contributed by atoms with Crippen LogP contribution in [0.4, 0.5) is 0 Å². The van der Waals surface area contributed by atoms with Crippen LogP contribution in [0.1, 0.15) is 85.0 Å². The van der Waals surface area contributed by atoms with E-state index in [0.717, 1.165) is 38.5 Å². The fourth-order valence-corrected chi connectivity index (χ4v) is 8.70. The molecular weight excluding hydrogens is 380 g/mol. The molecule has 0 aliphatic heterocycles. The van der Waals surface area contributed by atoms with E-state index in [0.29, 0.717) is 43.1 Å². The van der Waals surface area contributed by atoms with Gasteiger partial charge in [0.05, 0.1) is 18.6 Å². The Morgan fingerprint density at radius 3 is 2.50 bits per heavy atom. The number of aliphatic carboxylic acids is 1. The summed E-state index contributed by atoms with van der Waals surface area (Å²) in [5, 5.41) is 20.3. The number of aliphatic hydroxyl groups is 1. The highest BCUT2D eigenvalue weighted by Gasteiger charge is 2.66. The summed E-state index contributed by atoms with van der Waals surface area (Å²) in [6, 6.07) is 0. The minimum absolute atomic E-state index is 0.00814. The fourth-order valence-electron chi connectivity index (χ4n) is 8.70. The maximum atomic E-state index is 12.3. The molecule has 4 aliphatic rings. The number of hydrogen-bond donors (Lipinski definition) is 2. The van der Waals surface area contributed by atoms with Crippen LogP contribution in [-0.4, -0.2) is 35.4 Å². The number of carbonyl (C=O) groups excluding carboxylic acids is 1. The molecule has 0 saturated heterocycles. The molecule has 0 aromatic rings. The maximum Gasteiger partial charge on any atom is 0.312 e. The van der Waals surface area contributed by atoms with Crippen LogP contribution in [0.25, 0.3) is 0 Å². The standard InChI is InChI=1S/C25H40O5/c1-16(2)11-21(27)30-14-18-13-24-10-7-20-23(3,19(24)6-5-17(18)12-24)8-4-9-25(20,15-26)22(28)29/h16-20,26H,4-15H2,1-3H3,(H,28,29)/t17-,18+,19+,20+,23+,24+,25+/m1/s1. The van der Waals surface area contributed by atoms with Crippen LogP contribution >= 0.6 is 0 Å². The molecule has 4 fully saturated rings. The lowest BCUT2D eigenvalue weighted by atomic mass is 9.41. The van der Waals surface area contributed by atoms with Gasteiger partial charge in [0.25, 0.3) is 0 Å². The Hall–Kier alpha value is -1.10. The number of fused-ring (bicyclic) bond motifs is 3. The zero-order valence-electron chi connectivity index (χ0n) is 19.0. The van der Waals surface area contributed by atoms with Crippen molar-refractivity contribution < 1.29 is 24.5 Å². The molecule has 4 saturated carbocycles. The molecule has 5 heteroatoms. The highest BCUT2D eigenvalue weighted by atomic mass is 16.5. The second-order valence-electron chi connectivity index (χ2n) is 11.8. The minimum Gasteiger partial charge on any atom is -0.481 e. The van der Waals surface area contributed by atoms with Gasteiger partial charge >= 0.3 is 11.9 Å². The van der Waals surface area contributed by atoms with E-state index in [2.05, 4.69) is 6.92 Å². The number of ether oxygens (including phenoxy) is 1. The van der Waals surface area contributed by atoms with Crippen molar-refractivity contribution in [1.29, 1.82) is 0 Å². The number of carboxylic acid groups (broad SMARTS) is 1. The van der Waals surface area contributed by atoms with Crippen LogP contribution < -0.4 is 0 Å². The van der Waals surface area contributed by atoms with Crippen LogP contribution in [0.3, 0.4) is 0 Å². The minimum atomic E-state index is -0.962. The van der Waals surface area contributed by atoms with Crippen LogP contribution in [0.15, 0.2) is 0 Å². The second-order valence-corrected chi connectivity index (χ2v) is 11.8. The van der Waals surface area contributed by atoms with E-state index in [1.807, 2.05) is 13.8 Å². The van der Waals surface area contributed by atoms with Crippen molar-refractivity contribution in [3.63, 3.8) is 0 Å². The first kappa shape index (κ1) is 22.1. The summed E-state index contributed by atoms with van der Waals surface area (Å²) in [6.45, 7) is 6.74. The lowest BCUT2D eigenvalue weighted by Crippen LogP contribution is -2.60. The van der Waals surface area contributed by atoms with E-state index in [4.69, 9.17) is 4.74 Å².